The molecule has 0 spiro atoms. The predicted octanol–water partition coefficient (Wildman–Crippen LogP) is 5.91. The first-order valence-electron chi connectivity index (χ1n) is 8.41. The van der Waals surface area contributed by atoms with Gasteiger partial charge in [-0.05, 0) is 79.3 Å². The SMILES string of the molecule is CCc1cc(C)c(OCc2c(F)cccc2CCC(C)=S)cc1C. The molecule has 0 N–H and O–H groups in total. The molecule has 1 nitrogen and oxygen atoms in total. The fraction of sp³-hybridized carbons (Fsp3) is 0.381. The maximum absolute atomic E-state index is 14.3. The Kier molecular flexibility index (Phi) is 6.50. The molecule has 0 heterocycles. The van der Waals surface area contributed by atoms with E-state index in [2.05, 4.69) is 26.0 Å². The molecule has 0 aliphatic rings. The minimum absolute atomic E-state index is 0.214. The van der Waals surface area contributed by atoms with Crippen molar-refractivity contribution in [2.24, 2.45) is 0 Å². The van der Waals surface area contributed by atoms with Crippen molar-refractivity contribution in [1.29, 1.82) is 0 Å². The van der Waals surface area contributed by atoms with E-state index in [9.17, 15) is 4.39 Å². The van der Waals surface area contributed by atoms with E-state index in [1.807, 2.05) is 19.9 Å². The van der Waals surface area contributed by atoms with E-state index in [0.717, 1.165) is 41.0 Å². The van der Waals surface area contributed by atoms with Gasteiger partial charge in [-0.15, -0.1) is 0 Å². The highest BCUT2D eigenvalue weighted by atomic mass is 32.1. The van der Waals surface area contributed by atoms with E-state index in [1.54, 1.807) is 6.07 Å². The van der Waals surface area contributed by atoms with Gasteiger partial charge in [-0.1, -0.05) is 37.3 Å². The van der Waals surface area contributed by atoms with Crippen molar-refractivity contribution in [2.75, 3.05) is 0 Å². The highest BCUT2D eigenvalue weighted by molar-refractivity contribution is 7.80. The minimum Gasteiger partial charge on any atom is -0.489 e. The van der Waals surface area contributed by atoms with E-state index < -0.39 is 0 Å². The molecule has 2 aromatic carbocycles. The smallest absolute Gasteiger partial charge is 0.130 e. The minimum atomic E-state index is -0.214. The Morgan fingerprint density at radius 1 is 1.12 bits per heavy atom. The number of hydrogen-bond acceptors (Lipinski definition) is 2. The van der Waals surface area contributed by atoms with E-state index in [-0.39, 0.29) is 12.4 Å². The Balaban J connectivity index is 2.20. The van der Waals surface area contributed by atoms with Gasteiger partial charge >= 0.3 is 0 Å². The molecular weight excluding hydrogens is 319 g/mol. The normalized spacial score (nSPS) is 10.7. The molecule has 0 radical (unpaired) electrons. The van der Waals surface area contributed by atoms with Gasteiger partial charge in [0.25, 0.3) is 0 Å². The second-order valence-electron chi connectivity index (χ2n) is 6.27. The molecule has 0 unspecified atom stereocenters. The predicted molar refractivity (Wildman–Crippen MR) is 103 cm³/mol. The van der Waals surface area contributed by atoms with Crippen LogP contribution in [-0.4, -0.2) is 4.86 Å². The first-order valence-corrected chi connectivity index (χ1v) is 8.81. The summed E-state index contributed by atoms with van der Waals surface area (Å²) in [4.78, 5) is 0.938. The molecule has 2 rings (SSSR count). The monoisotopic (exact) mass is 344 g/mol. The molecule has 24 heavy (non-hydrogen) atoms. The van der Waals surface area contributed by atoms with Crippen LogP contribution in [0.25, 0.3) is 0 Å². The summed E-state index contributed by atoms with van der Waals surface area (Å²) in [5.74, 6) is 0.610. The molecule has 0 aromatic heterocycles. The molecule has 0 saturated carbocycles. The zero-order chi connectivity index (χ0) is 17.7. The second-order valence-corrected chi connectivity index (χ2v) is 6.96. The molecule has 3 heteroatoms. The largest absolute Gasteiger partial charge is 0.489 e. The van der Waals surface area contributed by atoms with Crippen molar-refractivity contribution in [3.63, 3.8) is 0 Å². The Morgan fingerprint density at radius 3 is 2.54 bits per heavy atom. The zero-order valence-electron chi connectivity index (χ0n) is 14.9. The molecule has 0 bridgehead atoms. The molecule has 2 aromatic rings. The Bertz CT molecular complexity index is 737. The van der Waals surface area contributed by atoms with Crippen molar-refractivity contribution in [3.05, 3.63) is 64.0 Å². The van der Waals surface area contributed by atoms with Crippen LogP contribution in [0.1, 0.15) is 48.1 Å². The summed E-state index contributed by atoms with van der Waals surface area (Å²) >= 11 is 5.14. The molecule has 0 aliphatic carbocycles. The number of aryl methyl sites for hydroxylation is 4. The van der Waals surface area contributed by atoms with Crippen LogP contribution in [0.5, 0.6) is 5.75 Å². The molecule has 0 aliphatic heterocycles. The van der Waals surface area contributed by atoms with Crippen LogP contribution in [0.4, 0.5) is 4.39 Å². The van der Waals surface area contributed by atoms with E-state index in [1.165, 1.54) is 17.2 Å². The summed E-state index contributed by atoms with van der Waals surface area (Å²) < 4.78 is 20.2. The highest BCUT2D eigenvalue weighted by Crippen LogP contribution is 2.25. The lowest BCUT2D eigenvalue weighted by Crippen LogP contribution is -2.06. The molecule has 0 amide bonds. The van der Waals surface area contributed by atoms with E-state index in [0.29, 0.717) is 5.56 Å². The van der Waals surface area contributed by atoms with Crippen LogP contribution in [0.15, 0.2) is 30.3 Å². The number of hydrogen-bond donors (Lipinski definition) is 0. The van der Waals surface area contributed by atoms with Gasteiger partial charge in [-0.25, -0.2) is 4.39 Å². The zero-order valence-corrected chi connectivity index (χ0v) is 15.7. The Hall–Kier alpha value is -1.74. The van der Waals surface area contributed by atoms with Gasteiger partial charge in [0, 0.05) is 5.56 Å². The average Bonchev–Trinajstić information content (AvgIpc) is 2.54. The quantitative estimate of drug-likeness (QED) is 0.578. The molecule has 128 valence electrons. The third-order valence-corrected chi connectivity index (χ3v) is 4.55. The third-order valence-electron chi connectivity index (χ3n) is 4.35. The fourth-order valence-electron chi connectivity index (χ4n) is 2.85. The van der Waals surface area contributed by atoms with Gasteiger partial charge in [0.1, 0.15) is 18.2 Å². The average molecular weight is 344 g/mol. The van der Waals surface area contributed by atoms with Crippen LogP contribution in [0, 0.1) is 19.7 Å². The van der Waals surface area contributed by atoms with Crippen molar-refractivity contribution in [1.82, 2.24) is 0 Å². The first-order chi connectivity index (χ1) is 11.4. The Morgan fingerprint density at radius 2 is 1.88 bits per heavy atom. The molecule has 0 fully saturated rings. The maximum Gasteiger partial charge on any atom is 0.130 e. The number of rotatable bonds is 7. The number of thiocarbonyl (C=S) groups is 1. The van der Waals surface area contributed by atoms with Crippen LogP contribution < -0.4 is 4.74 Å². The van der Waals surface area contributed by atoms with Gasteiger partial charge in [0.2, 0.25) is 0 Å². The summed E-state index contributed by atoms with van der Waals surface area (Å²) in [6.07, 6.45) is 2.54. The molecule has 0 atom stereocenters. The van der Waals surface area contributed by atoms with Gasteiger partial charge in [-0.2, -0.15) is 0 Å². The lowest BCUT2D eigenvalue weighted by atomic mass is 10.0. The van der Waals surface area contributed by atoms with Gasteiger partial charge in [0.15, 0.2) is 0 Å². The highest BCUT2D eigenvalue weighted by Gasteiger charge is 2.11. The van der Waals surface area contributed by atoms with Crippen LogP contribution in [-0.2, 0) is 19.4 Å². The van der Waals surface area contributed by atoms with Gasteiger partial charge < -0.3 is 4.74 Å². The van der Waals surface area contributed by atoms with Gasteiger partial charge in [0.05, 0.1) is 0 Å². The fourth-order valence-corrected chi connectivity index (χ4v) is 2.95. The Labute approximate surface area is 149 Å². The van der Waals surface area contributed by atoms with Crippen molar-refractivity contribution in [2.45, 2.75) is 53.6 Å². The van der Waals surface area contributed by atoms with Crippen molar-refractivity contribution < 1.29 is 9.13 Å². The summed E-state index contributed by atoms with van der Waals surface area (Å²) in [6, 6.07) is 9.40. The summed E-state index contributed by atoms with van der Waals surface area (Å²) in [5, 5.41) is 0. The second kappa shape index (κ2) is 8.39. The first kappa shape index (κ1) is 18.6. The van der Waals surface area contributed by atoms with Crippen LogP contribution in [0.2, 0.25) is 0 Å². The molecular formula is C21H25FOS. The van der Waals surface area contributed by atoms with E-state index >= 15 is 0 Å². The van der Waals surface area contributed by atoms with Crippen molar-refractivity contribution in [3.8, 4) is 5.75 Å². The number of halogens is 1. The summed E-state index contributed by atoms with van der Waals surface area (Å²) in [5.41, 5.74) is 5.22. The van der Waals surface area contributed by atoms with Crippen LogP contribution in [0.3, 0.4) is 0 Å². The standard InChI is InChI=1S/C21H25FOS/c1-5-17-11-15(3)21(12-14(17)2)23-13-19-18(10-9-16(4)24)7-6-8-20(19)22/h6-8,11-12H,5,9-10,13H2,1-4H3. The number of benzene rings is 2. The molecule has 0 saturated heterocycles. The van der Waals surface area contributed by atoms with E-state index in [4.69, 9.17) is 17.0 Å². The summed E-state index contributed by atoms with van der Waals surface area (Å²) in [7, 11) is 0. The topological polar surface area (TPSA) is 9.23 Å². The number of ether oxygens (including phenoxy) is 1. The van der Waals surface area contributed by atoms with Crippen LogP contribution >= 0.6 is 12.2 Å². The lowest BCUT2D eigenvalue weighted by molar-refractivity contribution is 0.296. The van der Waals surface area contributed by atoms with Gasteiger partial charge in [-0.3, -0.25) is 0 Å². The van der Waals surface area contributed by atoms with Crippen molar-refractivity contribution >= 4 is 17.1 Å². The maximum atomic E-state index is 14.3. The lowest BCUT2D eigenvalue weighted by Gasteiger charge is -2.15. The summed E-state index contributed by atoms with van der Waals surface area (Å²) in [6.45, 7) is 8.43. The third kappa shape index (κ3) is 4.64.